The lowest BCUT2D eigenvalue weighted by Gasteiger charge is -2.23. The molecule has 1 aliphatic heterocycles. The lowest BCUT2D eigenvalue weighted by atomic mass is 10.1. The van der Waals surface area contributed by atoms with Gasteiger partial charge in [-0.15, -0.1) is 12.4 Å². The third-order valence-corrected chi connectivity index (χ3v) is 3.07. The number of hydrogen-bond donors (Lipinski definition) is 1. The van der Waals surface area contributed by atoms with Crippen molar-refractivity contribution in [3.05, 3.63) is 35.4 Å². The van der Waals surface area contributed by atoms with Crippen molar-refractivity contribution in [2.75, 3.05) is 20.1 Å². The van der Waals surface area contributed by atoms with Crippen molar-refractivity contribution < 1.29 is 8.78 Å². The van der Waals surface area contributed by atoms with Crippen LogP contribution >= 0.6 is 12.4 Å². The van der Waals surface area contributed by atoms with Crippen molar-refractivity contribution in [1.29, 1.82) is 0 Å². The Morgan fingerprint density at radius 3 is 2.71 bits per heavy atom. The molecule has 17 heavy (non-hydrogen) atoms. The molecular weight excluding hydrogens is 246 g/mol. The summed E-state index contributed by atoms with van der Waals surface area (Å²) in [5, 5.41) is 3.28. The van der Waals surface area contributed by atoms with E-state index >= 15 is 0 Å². The molecule has 0 aromatic heterocycles. The first-order valence-corrected chi connectivity index (χ1v) is 5.51. The molecule has 2 nitrogen and oxygen atoms in total. The van der Waals surface area contributed by atoms with Crippen LogP contribution in [0.5, 0.6) is 0 Å². The van der Waals surface area contributed by atoms with Gasteiger partial charge in [0.05, 0.1) is 0 Å². The molecule has 1 fully saturated rings. The number of nitrogens with one attached hydrogen (secondary N) is 1. The largest absolute Gasteiger partial charge is 0.315 e. The molecule has 0 amide bonds. The van der Waals surface area contributed by atoms with Gasteiger partial charge in [-0.25, -0.2) is 8.78 Å². The fourth-order valence-electron chi connectivity index (χ4n) is 2.07. The smallest absolute Gasteiger partial charge is 0.159 e. The fraction of sp³-hybridized carbons (Fsp3) is 0.500. The van der Waals surface area contributed by atoms with Gasteiger partial charge in [-0.1, -0.05) is 6.07 Å². The van der Waals surface area contributed by atoms with E-state index in [0.717, 1.165) is 25.1 Å². The number of hydrogen-bond acceptors (Lipinski definition) is 2. The van der Waals surface area contributed by atoms with Crippen molar-refractivity contribution in [2.24, 2.45) is 0 Å². The Balaban J connectivity index is 0.00000144. The molecule has 1 atom stereocenters. The fourth-order valence-corrected chi connectivity index (χ4v) is 2.07. The Labute approximate surface area is 106 Å². The van der Waals surface area contributed by atoms with E-state index in [9.17, 15) is 8.78 Å². The zero-order chi connectivity index (χ0) is 11.5. The normalized spacial score (nSPS) is 19.4. The highest BCUT2D eigenvalue weighted by Crippen LogP contribution is 2.13. The van der Waals surface area contributed by atoms with Crippen molar-refractivity contribution in [2.45, 2.75) is 19.0 Å². The molecule has 96 valence electrons. The van der Waals surface area contributed by atoms with E-state index in [-0.39, 0.29) is 12.4 Å². The molecule has 5 heteroatoms. The van der Waals surface area contributed by atoms with Gasteiger partial charge in [0.25, 0.3) is 0 Å². The number of likely N-dealkylation sites (N-methyl/N-ethyl adjacent to an activating group) is 1. The third kappa shape index (κ3) is 3.63. The zero-order valence-electron chi connectivity index (χ0n) is 9.75. The highest BCUT2D eigenvalue weighted by molar-refractivity contribution is 5.85. The predicted octanol–water partition coefficient (Wildman–Crippen LogP) is 2.18. The highest BCUT2D eigenvalue weighted by Gasteiger charge is 2.19. The van der Waals surface area contributed by atoms with E-state index in [1.54, 1.807) is 6.07 Å². The van der Waals surface area contributed by atoms with Gasteiger partial charge in [-0.2, -0.15) is 0 Å². The molecule has 1 aliphatic rings. The average molecular weight is 263 g/mol. The first-order chi connectivity index (χ1) is 7.66. The molecule has 0 saturated carbocycles. The maximum Gasteiger partial charge on any atom is 0.159 e. The van der Waals surface area contributed by atoms with Crippen molar-refractivity contribution in [1.82, 2.24) is 10.2 Å². The Morgan fingerprint density at radius 1 is 1.35 bits per heavy atom. The maximum atomic E-state index is 13.0. The van der Waals surface area contributed by atoms with Gasteiger partial charge in [0.1, 0.15) is 0 Å². The van der Waals surface area contributed by atoms with Gasteiger partial charge in [0.2, 0.25) is 0 Å². The van der Waals surface area contributed by atoms with Crippen molar-refractivity contribution in [3.8, 4) is 0 Å². The minimum atomic E-state index is -0.783. The van der Waals surface area contributed by atoms with Gasteiger partial charge in [0.15, 0.2) is 11.6 Å². The van der Waals surface area contributed by atoms with Crippen LogP contribution in [0.3, 0.4) is 0 Å². The van der Waals surface area contributed by atoms with Crippen LogP contribution in [0.4, 0.5) is 8.78 Å². The highest BCUT2D eigenvalue weighted by atomic mass is 35.5. The molecule has 2 rings (SSSR count). The quantitative estimate of drug-likeness (QED) is 0.898. The summed E-state index contributed by atoms with van der Waals surface area (Å²) >= 11 is 0. The molecule has 1 saturated heterocycles. The van der Waals surface area contributed by atoms with Gasteiger partial charge >= 0.3 is 0 Å². The van der Waals surface area contributed by atoms with Crippen molar-refractivity contribution >= 4 is 12.4 Å². The molecule has 0 bridgehead atoms. The summed E-state index contributed by atoms with van der Waals surface area (Å²) in [4.78, 5) is 2.17. The first kappa shape index (κ1) is 14.4. The molecule has 1 aromatic rings. The molecule has 1 heterocycles. The van der Waals surface area contributed by atoms with Crippen LogP contribution in [0.25, 0.3) is 0 Å². The number of benzene rings is 1. The molecular formula is C12H17ClF2N2. The second-order valence-corrected chi connectivity index (χ2v) is 4.31. The summed E-state index contributed by atoms with van der Waals surface area (Å²) in [6.07, 6.45) is 1.11. The minimum Gasteiger partial charge on any atom is -0.315 e. The van der Waals surface area contributed by atoms with Crippen LogP contribution < -0.4 is 5.32 Å². The second kappa shape index (κ2) is 6.28. The number of halogens is 3. The lowest BCUT2D eigenvalue weighted by molar-refractivity contribution is 0.248. The van der Waals surface area contributed by atoms with Crippen molar-refractivity contribution in [3.63, 3.8) is 0 Å². The Morgan fingerprint density at radius 2 is 2.12 bits per heavy atom. The summed E-state index contributed by atoms with van der Waals surface area (Å²) < 4.78 is 25.7. The minimum absolute atomic E-state index is 0. The van der Waals surface area contributed by atoms with Crippen LogP contribution in [0.2, 0.25) is 0 Å². The molecule has 0 aliphatic carbocycles. The first-order valence-electron chi connectivity index (χ1n) is 5.51. The van der Waals surface area contributed by atoms with E-state index in [1.165, 1.54) is 12.1 Å². The summed E-state index contributed by atoms with van der Waals surface area (Å²) in [5.74, 6) is -1.55. The molecule has 1 N–H and O–H groups in total. The van der Waals surface area contributed by atoms with E-state index < -0.39 is 11.6 Å². The van der Waals surface area contributed by atoms with E-state index in [2.05, 4.69) is 10.2 Å². The van der Waals surface area contributed by atoms with Gasteiger partial charge < -0.3 is 5.32 Å². The zero-order valence-corrected chi connectivity index (χ0v) is 10.6. The summed E-state index contributed by atoms with van der Waals surface area (Å²) in [5.41, 5.74) is 0.813. The van der Waals surface area contributed by atoms with Gasteiger partial charge in [0, 0.05) is 19.1 Å². The SMILES string of the molecule is CN(Cc1ccc(F)c(F)c1)C1CCNC1.Cl. The van der Waals surface area contributed by atoms with Crippen LogP contribution in [0.15, 0.2) is 18.2 Å². The molecule has 0 spiro atoms. The Bertz CT molecular complexity index is 368. The van der Waals surface area contributed by atoms with Crippen LogP contribution in [-0.2, 0) is 6.54 Å². The van der Waals surface area contributed by atoms with Crippen LogP contribution in [0, 0.1) is 11.6 Å². The Hall–Kier alpha value is -0.710. The topological polar surface area (TPSA) is 15.3 Å². The lowest BCUT2D eigenvalue weighted by Crippen LogP contribution is -2.32. The van der Waals surface area contributed by atoms with Crippen LogP contribution in [-0.4, -0.2) is 31.1 Å². The Kier molecular flexibility index (Phi) is 5.31. The standard InChI is InChI=1S/C12H16F2N2.ClH/c1-16(10-4-5-15-7-10)8-9-2-3-11(13)12(14)6-9;/h2-3,6,10,15H,4-5,7-8H2,1H3;1H. The monoisotopic (exact) mass is 262 g/mol. The summed E-state index contributed by atoms with van der Waals surface area (Å²) in [6.45, 7) is 2.66. The van der Waals surface area contributed by atoms with Gasteiger partial charge in [-0.05, 0) is 37.7 Å². The number of nitrogens with zero attached hydrogens (tertiary/aromatic N) is 1. The summed E-state index contributed by atoms with van der Waals surface area (Å²) in [6, 6.07) is 4.59. The van der Waals surface area contributed by atoms with E-state index in [4.69, 9.17) is 0 Å². The maximum absolute atomic E-state index is 13.0. The average Bonchev–Trinajstić information content (AvgIpc) is 2.77. The molecule has 1 unspecified atom stereocenters. The third-order valence-electron chi connectivity index (χ3n) is 3.07. The number of rotatable bonds is 3. The predicted molar refractivity (Wildman–Crippen MR) is 66.3 cm³/mol. The summed E-state index contributed by atoms with van der Waals surface area (Å²) in [7, 11) is 2.01. The van der Waals surface area contributed by atoms with E-state index in [0.29, 0.717) is 12.6 Å². The van der Waals surface area contributed by atoms with Crippen LogP contribution in [0.1, 0.15) is 12.0 Å². The second-order valence-electron chi connectivity index (χ2n) is 4.31. The molecule has 0 radical (unpaired) electrons. The van der Waals surface area contributed by atoms with E-state index in [1.807, 2.05) is 7.05 Å². The van der Waals surface area contributed by atoms with Gasteiger partial charge in [-0.3, -0.25) is 4.90 Å². The molecule has 1 aromatic carbocycles.